The summed E-state index contributed by atoms with van der Waals surface area (Å²) in [5, 5.41) is 60.9. The standard InChI is InChI=1S/C36H38N2O13/c1-16-30(41)21(38-35(46)49-15-17-7-9-18(37-2)10-8-17)11-25(50-16)51-23-13-36(47,24(40)14-39)12-20-27(23)34(45)29-28(32(20)43)31(42)19-5-4-6-22(48-3)26(19)33(29)44/h4-10,16,21,23,25,30,37,39,41,43,45,47H,11-15H2,1-3H3,(H,38,46)/t16-,21?,23-,25-,30+,36-/m0/s1. The van der Waals surface area contributed by atoms with Crippen LogP contribution in [0, 0.1) is 0 Å². The van der Waals surface area contributed by atoms with E-state index in [4.69, 9.17) is 18.9 Å². The van der Waals surface area contributed by atoms with Crippen LogP contribution in [-0.4, -0.2) is 99.9 Å². The second kappa shape index (κ2) is 13.9. The molecule has 0 saturated carbocycles. The minimum Gasteiger partial charge on any atom is -0.507 e. The molecule has 6 atom stereocenters. The first kappa shape index (κ1) is 35.8. The highest BCUT2D eigenvalue weighted by Crippen LogP contribution is 2.52. The molecule has 0 spiro atoms. The number of methoxy groups -OCH3 is 1. The van der Waals surface area contributed by atoms with E-state index in [1.54, 1.807) is 19.2 Å². The van der Waals surface area contributed by atoms with Crippen molar-refractivity contribution in [3.05, 3.63) is 81.4 Å². The second-order valence-corrected chi connectivity index (χ2v) is 12.8. The molecule has 0 aromatic heterocycles. The van der Waals surface area contributed by atoms with Gasteiger partial charge in [-0.25, -0.2) is 4.79 Å². The van der Waals surface area contributed by atoms with Crippen LogP contribution in [0.25, 0.3) is 0 Å². The predicted octanol–water partition coefficient (Wildman–Crippen LogP) is 2.01. The summed E-state index contributed by atoms with van der Waals surface area (Å²) in [7, 11) is 3.08. The fraction of sp³-hybridized carbons (Fsp3) is 0.389. The summed E-state index contributed by atoms with van der Waals surface area (Å²) < 4.78 is 22.7. The van der Waals surface area contributed by atoms with Gasteiger partial charge >= 0.3 is 6.09 Å². The van der Waals surface area contributed by atoms with Gasteiger partial charge < -0.3 is 55.1 Å². The van der Waals surface area contributed by atoms with E-state index >= 15 is 0 Å². The van der Waals surface area contributed by atoms with Crippen LogP contribution in [0.3, 0.4) is 0 Å². The lowest BCUT2D eigenvalue weighted by Gasteiger charge is -2.42. The Morgan fingerprint density at radius 1 is 1.02 bits per heavy atom. The number of Topliss-reactive ketones (excluding diaryl/α,β-unsaturated/α-hetero) is 1. The third-order valence-corrected chi connectivity index (χ3v) is 9.68. The third kappa shape index (κ3) is 6.38. The van der Waals surface area contributed by atoms with E-state index in [9.17, 15) is 44.7 Å². The summed E-state index contributed by atoms with van der Waals surface area (Å²) >= 11 is 0. The fourth-order valence-electron chi connectivity index (χ4n) is 6.97. The van der Waals surface area contributed by atoms with Crippen molar-refractivity contribution in [2.45, 2.75) is 69.0 Å². The largest absolute Gasteiger partial charge is 0.507 e. The van der Waals surface area contributed by atoms with Crippen molar-refractivity contribution in [3.63, 3.8) is 0 Å². The predicted molar refractivity (Wildman–Crippen MR) is 177 cm³/mol. The average molecular weight is 707 g/mol. The minimum absolute atomic E-state index is 0.0500. The van der Waals surface area contributed by atoms with E-state index in [2.05, 4.69) is 10.6 Å². The highest BCUT2D eigenvalue weighted by Gasteiger charge is 2.50. The number of ketones is 3. The van der Waals surface area contributed by atoms with Crippen molar-refractivity contribution in [2.75, 3.05) is 26.1 Å². The van der Waals surface area contributed by atoms with Crippen molar-refractivity contribution in [1.29, 1.82) is 0 Å². The maximum absolute atomic E-state index is 13.9. The molecule has 270 valence electrons. The molecule has 0 bridgehead atoms. The van der Waals surface area contributed by atoms with Gasteiger partial charge in [-0.1, -0.05) is 24.3 Å². The molecule has 1 aliphatic heterocycles. The first-order valence-corrected chi connectivity index (χ1v) is 16.2. The van der Waals surface area contributed by atoms with Crippen LogP contribution in [0.15, 0.2) is 42.5 Å². The average Bonchev–Trinajstić information content (AvgIpc) is 3.12. The first-order valence-electron chi connectivity index (χ1n) is 16.2. The summed E-state index contributed by atoms with van der Waals surface area (Å²) in [6.45, 7) is 0.405. The van der Waals surface area contributed by atoms with Crippen LogP contribution in [0.5, 0.6) is 17.2 Å². The zero-order valence-electron chi connectivity index (χ0n) is 28.0. The van der Waals surface area contributed by atoms with Gasteiger partial charge in [-0.15, -0.1) is 0 Å². The molecular formula is C36H38N2O13. The van der Waals surface area contributed by atoms with Crippen molar-refractivity contribution in [2.24, 2.45) is 0 Å². The molecule has 6 rings (SSSR count). The Morgan fingerprint density at radius 2 is 1.73 bits per heavy atom. The smallest absolute Gasteiger partial charge is 0.407 e. The van der Waals surface area contributed by atoms with E-state index in [1.165, 1.54) is 32.2 Å². The van der Waals surface area contributed by atoms with Crippen molar-refractivity contribution in [1.82, 2.24) is 5.32 Å². The number of anilines is 1. The van der Waals surface area contributed by atoms with Crippen molar-refractivity contribution < 1.29 is 63.7 Å². The number of phenolic OH excluding ortho intramolecular Hbond substituents is 2. The molecule has 2 aliphatic carbocycles. The normalized spacial score (nSPS) is 25.3. The van der Waals surface area contributed by atoms with Crippen LogP contribution < -0.4 is 15.4 Å². The number of aromatic hydroxyl groups is 2. The Labute approximate surface area is 291 Å². The van der Waals surface area contributed by atoms with Gasteiger partial charge in [-0.05, 0) is 30.7 Å². The molecule has 1 unspecified atom stereocenters. The van der Waals surface area contributed by atoms with Crippen molar-refractivity contribution in [3.8, 4) is 17.2 Å². The van der Waals surface area contributed by atoms with Gasteiger partial charge in [0, 0.05) is 48.7 Å². The Morgan fingerprint density at radius 3 is 2.39 bits per heavy atom. The van der Waals surface area contributed by atoms with Crippen molar-refractivity contribution >= 4 is 29.1 Å². The minimum atomic E-state index is -2.33. The van der Waals surface area contributed by atoms with Crippen LogP contribution in [0.1, 0.15) is 74.4 Å². The number of benzene rings is 3. The van der Waals surface area contributed by atoms with E-state index in [-0.39, 0.29) is 41.0 Å². The van der Waals surface area contributed by atoms with Crippen LogP contribution >= 0.6 is 0 Å². The third-order valence-electron chi connectivity index (χ3n) is 9.68. The highest BCUT2D eigenvalue weighted by atomic mass is 16.7. The summed E-state index contributed by atoms with van der Waals surface area (Å²) in [5.74, 6) is -4.05. The molecular weight excluding hydrogens is 668 g/mol. The SMILES string of the molecule is CNc1ccc(COC(=O)NC2C[C@H](O[C@H]3C[C@](O)(C(=O)CO)Cc4c(O)c5c(c(O)c43)C(=O)c3c(OC)cccc3C5=O)O[C@@H](C)[C@H]2O)cc1. The summed E-state index contributed by atoms with van der Waals surface area (Å²) in [6.07, 6.45) is -7.03. The van der Waals surface area contributed by atoms with Gasteiger partial charge in [0.05, 0.1) is 42.0 Å². The number of rotatable bonds is 9. The number of nitrogens with one attached hydrogen (secondary N) is 2. The number of hydrogen-bond acceptors (Lipinski definition) is 14. The van der Waals surface area contributed by atoms with Crippen LogP contribution in [0.2, 0.25) is 0 Å². The monoisotopic (exact) mass is 706 g/mol. The van der Waals surface area contributed by atoms with E-state index in [1.807, 2.05) is 12.1 Å². The molecule has 15 heteroatoms. The summed E-state index contributed by atoms with van der Waals surface area (Å²) in [4.78, 5) is 53.2. The zero-order chi connectivity index (χ0) is 36.8. The van der Waals surface area contributed by atoms with Crippen LogP contribution in [-0.2, 0) is 32.0 Å². The molecule has 3 aromatic rings. The molecule has 0 radical (unpaired) electrons. The molecule has 1 fully saturated rings. The summed E-state index contributed by atoms with van der Waals surface area (Å²) in [6, 6.07) is 10.5. The number of aliphatic hydroxyl groups excluding tert-OH is 2. The Kier molecular flexibility index (Phi) is 9.76. The van der Waals surface area contributed by atoms with Gasteiger partial charge in [0.1, 0.15) is 42.2 Å². The van der Waals surface area contributed by atoms with Gasteiger partial charge in [-0.3, -0.25) is 14.4 Å². The van der Waals surface area contributed by atoms with Gasteiger partial charge in [0.25, 0.3) is 0 Å². The van der Waals surface area contributed by atoms with E-state index in [0.29, 0.717) is 0 Å². The lowest BCUT2D eigenvalue weighted by Crippen LogP contribution is -2.56. The second-order valence-electron chi connectivity index (χ2n) is 12.8. The van der Waals surface area contributed by atoms with Gasteiger partial charge in [-0.2, -0.15) is 0 Å². The molecule has 7 N–H and O–H groups in total. The highest BCUT2D eigenvalue weighted by molar-refractivity contribution is 6.31. The van der Waals surface area contributed by atoms with E-state index in [0.717, 1.165) is 11.3 Å². The number of hydrogen-bond donors (Lipinski definition) is 7. The Hall–Kier alpha value is -5.06. The number of ether oxygens (including phenoxy) is 4. The van der Waals surface area contributed by atoms with E-state index < -0.39 is 102 Å². The fourth-order valence-corrected chi connectivity index (χ4v) is 6.97. The van der Waals surface area contributed by atoms with Crippen LogP contribution in [0.4, 0.5) is 10.5 Å². The number of carbonyl (C=O) groups excluding carboxylic acids is 4. The number of phenols is 2. The molecule has 15 nitrogen and oxygen atoms in total. The first-order chi connectivity index (χ1) is 24.3. The number of amides is 1. The quantitative estimate of drug-likeness (QED) is 0.124. The molecule has 1 heterocycles. The summed E-state index contributed by atoms with van der Waals surface area (Å²) in [5.41, 5.74) is -2.41. The van der Waals surface area contributed by atoms with Gasteiger partial charge in [0.15, 0.2) is 17.9 Å². The number of aliphatic hydroxyl groups is 3. The van der Waals surface area contributed by atoms with Gasteiger partial charge in [0.2, 0.25) is 5.78 Å². The number of carbonyl (C=O) groups is 4. The Bertz CT molecular complexity index is 1890. The topological polar surface area (TPSA) is 230 Å². The lowest BCUT2D eigenvalue weighted by atomic mass is 9.72. The maximum Gasteiger partial charge on any atom is 0.407 e. The number of fused-ring (bicyclic) bond motifs is 3. The Balaban J connectivity index is 1.31. The lowest BCUT2D eigenvalue weighted by molar-refractivity contribution is -0.249. The molecule has 3 aliphatic rings. The zero-order valence-corrected chi connectivity index (χ0v) is 28.0. The number of alkyl carbamates (subject to hydrolysis) is 1. The maximum atomic E-state index is 13.9. The molecule has 3 aromatic carbocycles. The molecule has 1 saturated heterocycles. The molecule has 1 amide bonds. The molecule has 51 heavy (non-hydrogen) atoms.